The SMILES string of the molecule is CCS(=O)C1CCCCC1=O. The number of hydrogen-bond donors (Lipinski definition) is 0. The molecule has 11 heavy (non-hydrogen) atoms. The summed E-state index contributed by atoms with van der Waals surface area (Å²) in [6.45, 7) is 1.87. The quantitative estimate of drug-likeness (QED) is 0.631. The van der Waals surface area contributed by atoms with Crippen LogP contribution in [0.25, 0.3) is 0 Å². The van der Waals surface area contributed by atoms with Gasteiger partial charge in [0.15, 0.2) is 0 Å². The minimum absolute atomic E-state index is 0.131. The Hall–Kier alpha value is -0.180. The van der Waals surface area contributed by atoms with Crippen LogP contribution in [0.1, 0.15) is 32.6 Å². The third kappa shape index (κ3) is 2.12. The predicted molar refractivity (Wildman–Crippen MR) is 45.9 cm³/mol. The fourth-order valence-electron chi connectivity index (χ4n) is 1.43. The maximum absolute atomic E-state index is 11.3. The highest BCUT2D eigenvalue weighted by atomic mass is 32.2. The smallest absolute Gasteiger partial charge is 0.148 e. The maximum Gasteiger partial charge on any atom is 0.148 e. The van der Waals surface area contributed by atoms with Crippen molar-refractivity contribution in [3.8, 4) is 0 Å². The van der Waals surface area contributed by atoms with Gasteiger partial charge in [-0.15, -0.1) is 0 Å². The second kappa shape index (κ2) is 4.00. The van der Waals surface area contributed by atoms with Crippen LogP contribution in [0.4, 0.5) is 0 Å². The van der Waals surface area contributed by atoms with Crippen LogP contribution in [0.2, 0.25) is 0 Å². The van der Waals surface area contributed by atoms with E-state index in [1.807, 2.05) is 6.92 Å². The molecule has 0 amide bonds. The molecule has 0 heterocycles. The zero-order valence-electron chi connectivity index (χ0n) is 6.84. The van der Waals surface area contributed by atoms with Crippen molar-refractivity contribution in [3.05, 3.63) is 0 Å². The van der Waals surface area contributed by atoms with E-state index in [1.54, 1.807) is 0 Å². The summed E-state index contributed by atoms with van der Waals surface area (Å²) in [5.41, 5.74) is 0. The van der Waals surface area contributed by atoms with Crippen LogP contribution < -0.4 is 0 Å². The minimum Gasteiger partial charge on any atom is -0.298 e. The average Bonchev–Trinajstić information content (AvgIpc) is 2.04. The molecule has 0 bridgehead atoms. The van der Waals surface area contributed by atoms with Crippen LogP contribution in [0.15, 0.2) is 0 Å². The molecule has 1 aliphatic rings. The first-order valence-electron chi connectivity index (χ1n) is 4.15. The highest BCUT2D eigenvalue weighted by Crippen LogP contribution is 2.18. The van der Waals surface area contributed by atoms with E-state index >= 15 is 0 Å². The van der Waals surface area contributed by atoms with Crippen molar-refractivity contribution in [2.75, 3.05) is 5.75 Å². The van der Waals surface area contributed by atoms with E-state index in [2.05, 4.69) is 0 Å². The first-order valence-corrected chi connectivity index (χ1v) is 5.53. The van der Waals surface area contributed by atoms with Gasteiger partial charge in [0, 0.05) is 23.0 Å². The summed E-state index contributed by atoms with van der Waals surface area (Å²) in [5.74, 6) is 0.840. The van der Waals surface area contributed by atoms with E-state index in [-0.39, 0.29) is 11.0 Å². The zero-order valence-corrected chi connectivity index (χ0v) is 7.65. The van der Waals surface area contributed by atoms with Crippen molar-refractivity contribution in [3.63, 3.8) is 0 Å². The van der Waals surface area contributed by atoms with E-state index in [9.17, 15) is 9.00 Å². The molecule has 0 spiro atoms. The molecular formula is C8H14O2S. The Labute approximate surface area is 69.8 Å². The lowest BCUT2D eigenvalue weighted by Gasteiger charge is -2.18. The number of hydrogen-bond acceptors (Lipinski definition) is 2. The standard InChI is InChI=1S/C8H14O2S/c1-2-11(10)8-6-4-3-5-7(8)9/h8H,2-6H2,1H3. The topological polar surface area (TPSA) is 34.1 Å². The first-order chi connectivity index (χ1) is 5.25. The molecule has 2 atom stereocenters. The van der Waals surface area contributed by atoms with Gasteiger partial charge in [-0.25, -0.2) is 0 Å². The molecule has 1 saturated carbocycles. The summed E-state index contributed by atoms with van der Waals surface area (Å²) in [6, 6.07) is 0. The number of carbonyl (C=O) groups excluding carboxylic acids is 1. The minimum atomic E-state index is -0.893. The van der Waals surface area contributed by atoms with Gasteiger partial charge >= 0.3 is 0 Å². The van der Waals surface area contributed by atoms with Gasteiger partial charge in [-0.1, -0.05) is 13.3 Å². The van der Waals surface area contributed by atoms with E-state index < -0.39 is 10.8 Å². The van der Waals surface area contributed by atoms with Crippen molar-refractivity contribution in [1.82, 2.24) is 0 Å². The largest absolute Gasteiger partial charge is 0.298 e. The van der Waals surface area contributed by atoms with E-state index in [0.717, 1.165) is 19.3 Å². The fraction of sp³-hybridized carbons (Fsp3) is 0.875. The molecule has 0 aromatic carbocycles. The maximum atomic E-state index is 11.3. The number of carbonyl (C=O) groups is 1. The molecule has 0 aromatic heterocycles. The first kappa shape index (κ1) is 8.91. The summed E-state index contributed by atoms with van der Waals surface area (Å²) in [7, 11) is -0.893. The van der Waals surface area contributed by atoms with Gasteiger partial charge in [0.1, 0.15) is 5.78 Å². The molecule has 0 aromatic rings. The Morgan fingerprint density at radius 2 is 2.27 bits per heavy atom. The molecule has 0 radical (unpaired) electrons. The molecule has 0 aliphatic heterocycles. The molecule has 0 N–H and O–H groups in total. The third-order valence-corrected chi connectivity index (χ3v) is 3.80. The van der Waals surface area contributed by atoms with Gasteiger partial charge in [0.25, 0.3) is 0 Å². The Kier molecular flexibility index (Phi) is 3.24. The number of Topliss-reactive ketones (excluding diaryl/α,β-unsaturated/α-hetero) is 1. The highest BCUT2D eigenvalue weighted by Gasteiger charge is 2.26. The predicted octanol–water partition coefficient (Wildman–Crippen LogP) is 1.27. The molecule has 1 fully saturated rings. The second-order valence-electron chi connectivity index (χ2n) is 2.87. The fourth-order valence-corrected chi connectivity index (χ4v) is 2.67. The van der Waals surface area contributed by atoms with Crippen LogP contribution in [-0.2, 0) is 15.6 Å². The molecule has 2 nitrogen and oxygen atoms in total. The molecule has 1 rings (SSSR count). The lowest BCUT2D eigenvalue weighted by atomic mass is 9.99. The Morgan fingerprint density at radius 3 is 2.82 bits per heavy atom. The summed E-state index contributed by atoms with van der Waals surface area (Å²) >= 11 is 0. The van der Waals surface area contributed by atoms with Crippen LogP contribution in [-0.4, -0.2) is 21.0 Å². The van der Waals surface area contributed by atoms with Crippen LogP contribution in [0.5, 0.6) is 0 Å². The Balaban J connectivity index is 2.54. The molecule has 3 heteroatoms. The molecule has 1 aliphatic carbocycles. The zero-order chi connectivity index (χ0) is 8.27. The monoisotopic (exact) mass is 174 g/mol. The lowest BCUT2D eigenvalue weighted by molar-refractivity contribution is -0.119. The second-order valence-corrected chi connectivity index (χ2v) is 4.78. The van der Waals surface area contributed by atoms with Gasteiger partial charge in [-0.2, -0.15) is 0 Å². The van der Waals surface area contributed by atoms with Gasteiger partial charge < -0.3 is 0 Å². The molecule has 64 valence electrons. The van der Waals surface area contributed by atoms with Crippen molar-refractivity contribution in [1.29, 1.82) is 0 Å². The highest BCUT2D eigenvalue weighted by molar-refractivity contribution is 7.86. The van der Waals surface area contributed by atoms with Crippen LogP contribution in [0.3, 0.4) is 0 Å². The van der Waals surface area contributed by atoms with Crippen molar-refractivity contribution in [2.24, 2.45) is 0 Å². The number of rotatable bonds is 2. The Morgan fingerprint density at radius 1 is 1.55 bits per heavy atom. The Bertz CT molecular complexity index is 169. The number of ketones is 1. The lowest BCUT2D eigenvalue weighted by Crippen LogP contribution is -2.29. The van der Waals surface area contributed by atoms with E-state index in [4.69, 9.17) is 0 Å². The molecule has 0 saturated heterocycles. The summed E-state index contributed by atoms with van der Waals surface area (Å²) in [5, 5.41) is -0.131. The molecule has 2 unspecified atom stereocenters. The van der Waals surface area contributed by atoms with Crippen LogP contribution >= 0.6 is 0 Å². The third-order valence-electron chi connectivity index (χ3n) is 2.10. The summed E-state index contributed by atoms with van der Waals surface area (Å²) < 4.78 is 11.3. The van der Waals surface area contributed by atoms with E-state index in [0.29, 0.717) is 12.2 Å². The summed E-state index contributed by atoms with van der Waals surface area (Å²) in [4.78, 5) is 11.2. The van der Waals surface area contributed by atoms with Gasteiger partial charge in [0.2, 0.25) is 0 Å². The van der Waals surface area contributed by atoms with Crippen molar-refractivity contribution < 1.29 is 9.00 Å². The van der Waals surface area contributed by atoms with E-state index in [1.165, 1.54) is 0 Å². The van der Waals surface area contributed by atoms with Crippen LogP contribution in [0, 0.1) is 0 Å². The van der Waals surface area contributed by atoms with Gasteiger partial charge in [-0.3, -0.25) is 9.00 Å². The average molecular weight is 174 g/mol. The van der Waals surface area contributed by atoms with Gasteiger partial charge in [-0.05, 0) is 12.8 Å². The summed E-state index contributed by atoms with van der Waals surface area (Å²) in [6.07, 6.45) is 3.56. The molecular weight excluding hydrogens is 160 g/mol. The normalized spacial score (nSPS) is 28.5. The van der Waals surface area contributed by atoms with Crippen molar-refractivity contribution >= 4 is 16.6 Å². The van der Waals surface area contributed by atoms with Gasteiger partial charge in [0.05, 0.1) is 5.25 Å². The van der Waals surface area contributed by atoms with Crippen molar-refractivity contribution in [2.45, 2.75) is 37.9 Å².